The lowest BCUT2D eigenvalue weighted by Gasteiger charge is -2.39. The van der Waals surface area contributed by atoms with Crippen LogP contribution in [-0.2, 0) is 28.3 Å². The monoisotopic (exact) mass is 635 g/mol. The quantitative estimate of drug-likeness (QED) is 0.358. The van der Waals surface area contributed by atoms with Crippen molar-refractivity contribution in [3.63, 3.8) is 0 Å². The Balaban J connectivity index is 0.908. The molecule has 1 atom stereocenters. The highest BCUT2D eigenvalue weighted by Gasteiger charge is 2.41. The third kappa shape index (κ3) is 6.43. The maximum Gasteiger partial charge on any atom is 0.255 e. The van der Waals surface area contributed by atoms with E-state index in [1.54, 1.807) is 11.0 Å². The van der Waals surface area contributed by atoms with Crippen molar-refractivity contribution in [3.8, 4) is 0 Å². The zero-order valence-electron chi connectivity index (χ0n) is 27.5. The number of hydrogen-bond acceptors (Lipinski definition) is 7. The first-order valence-corrected chi connectivity index (χ1v) is 17.2. The first kappa shape index (κ1) is 31.5. The van der Waals surface area contributed by atoms with Gasteiger partial charge in [0.15, 0.2) is 0 Å². The minimum absolute atomic E-state index is 0.191. The number of nitrogens with one attached hydrogen (secondary N) is 1. The number of carbonyl (C=O) groups excluding carboxylic acids is 3. The van der Waals surface area contributed by atoms with Gasteiger partial charge in [-0.2, -0.15) is 0 Å². The highest BCUT2D eigenvalue weighted by Crippen LogP contribution is 2.37. The number of aliphatic hydroxyl groups is 1. The number of nitrogens with zero attached hydrogens (tertiary/aromatic N) is 4. The second-order valence-electron chi connectivity index (χ2n) is 14.2. The first-order valence-electron chi connectivity index (χ1n) is 17.2. The van der Waals surface area contributed by atoms with Gasteiger partial charge in [0.25, 0.3) is 5.91 Å². The largest absolute Gasteiger partial charge is 0.385 e. The second kappa shape index (κ2) is 12.8. The van der Waals surface area contributed by atoms with Crippen LogP contribution in [0.4, 0.5) is 5.69 Å². The molecule has 1 aromatic heterocycles. The molecule has 3 fully saturated rings. The molecule has 4 aliphatic rings. The molecule has 0 spiro atoms. The predicted octanol–water partition coefficient (Wildman–Crippen LogP) is 4.83. The van der Waals surface area contributed by atoms with Gasteiger partial charge in [-0.1, -0.05) is 44.2 Å². The van der Waals surface area contributed by atoms with Crippen molar-refractivity contribution in [1.82, 2.24) is 20.1 Å². The first-order chi connectivity index (χ1) is 22.7. The molecule has 3 amide bonds. The SMILES string of the molecule is CC(C)c1ccc(C2CCN(c3ccc(CN4CCC(O)(c5ccc6c(c5)CN(C5CCC(=O)NC5=O)C6=O)CC4)cc3)CC2)cn1. The van der Waals surface area contributed by atoms with Gasteiger partial charge in [-0.15, -0.1) is 0 Å². The molecule has 47 heavy (non-hydrogen) atoms. The smallest absolute Gasteiger partial charge is 0.255 e. The number of fused-ring (bicyclic) bond motifs is 1. The van der Waals surface area contributed by atoms with Crippen LogP contribution in [0.25, 0.3) is 0 Å². The Hall–Kier alpha value is -4.08. The third-order valence-corrected chi connectivity index (χ3v) is 10.8. The highest BCUT2D eigenvalue weighted by molar-refractivity contribution is 6.05. The topological polar surface area (TPSA) is 106 Å². The normalized spacial score (nSPS) is 22.1. The van der Waals surface area contributed by atoms with E-state index in [9.17, 15) is 19.5 Å². The molecule has 246 valence electrons. The van der Waals surface area contributed by atoms with Crippen molar-refractivity contribution < 1.29 is 19.5 Å². The molecule has 4 aliphatic heterocycles. The molecule has 3 aromatic rings. The fourth-order valence-corrected chi connectivity index (χ4v) is 7.77. The van der Waals surface area contributed by atoms with Gasteiger partial charge in [-0.05, 0) is 90.5 Å². The molecular weight excluding hydrogens is 590 g/mol. The Bertz CT molecular complexity index is 1640. The van der Waals surface area contributed by atoms with E-state index in [0.717, 1.165) is 62.4 Å². The molecule has 2 N–H and O–H groups in total. The number of imide groups is 1. The summed E-state index contributed by atoms with van der Waals surface area (Å²) in [6, 6.07) is 18.4. The predicted molar refractivity (Wildman–Crippen MR) is 180 cm³/mol. The van der Waals surface area contributed by atoms with Crippen molar-refractivity contribution in [2.24, 2.45) is 0 Å². The Morgan fingerprint density at radius 1 is 0.936 bits per heavy atom. The number of anilines is 1. The van der Waals surface area contributed by atoms with Crippen LogP contribution in [0.5, 0.6) is 0 Å². The van der Waals surface area contributed by atoms with E-state index in [-0.39, 0.29) is 18.2 Å². The lowest BCUT2D eigenvalue weighted by atomic mass is 9.83. The number of hydrogen-bond donors (Lipinski definition) is 2. The molecule has 0 radical (unpaired) electrons. The summed E-state index contributed by atoms with van der Waals surface area (Å²) in [5, 5.41) is 14.0. The number of piperidine rings is 3. The van der Waals surface area contributed by atoms with E-state index in [1.807, 2.05) is 12.1 Å². The van der Waals surface area contributed by atoms with Crippen LogP contribution in [0.1, 0.15) is 103 Å². The van der Waals surface area contributed by atoms with E-state index < -0.39 is 17.6 Å². The maximum atomic E-state index is 13.1. The molecular formula is C38H45N5O4. The Morgan fingerprint density at radius 3 is 2.34 bits per heavy atom. The van der Waals surface area contributed by atoms with E-state index in [1.165, 1.54) is 16.8 Å². The van der Waals surface area contributed by atoms with E-state index in [0.29, 0.717) is 43.2 Å². The minimum Gasteiger partial charge on any atom is -0.385 e. The van der Waals surface area contributed by atoms with Gasteiger partial charge in [-0.25, -0.2) is 0 Å². The van der Waals surface area contributed by atoms with Crippen molar-refractivity contribution >= 4 is 23.4 Å². The number of rotatable bonds is 7. The van der Waals surface area contributed by atoms with Gasteiger partial charge in [0.1, 0.15) is 6.04 Å². The van der Waals surface area contributed by atoms with Crippen molar-refractivity contribution in [1.29, 1.82) is 0 Å². The molecule has 1 unspecified atom stereocenters. The van der Waals surface area contributed by atoms with Crippen LogP contribution >= 0.6 is 0 Å². The van der Waals surface area contributed by atoms with Crippen LogP contribution in [0.3, 0.4) is 0 Å². The molecule has 2 aromatic carbocycles. The van der Waals surface area contributed by atoms with Crippen molar-refractivity contribution in [3.05, 3.63) is 94.3 Å². The van der Waals surface area contributed by atoms with Crippen LogP contribution in [0.2, 0.25) is 0 Å². The number of likely N-dealkylation sites (tertiary alicyclic amines) is 1. The number of amides is 3. The highest BCUT2D eigenvalue weighted by atomic mass is 16.3. The molecule has 3 saturated heterocycles. The van der Waals surface area contributed by atoms with Crippen molar-refractivity contribution in [2.75, 3.05) is 31.1 Å². The van der Waals surface area contributed by atoms with Crippen LogP contribution in [0, 0.1) is 0 Å². The molecule has 9 heteroatoms. The van der Waals surface area contributed by atoms with E-state index >= 15 is 0 Å². The summed E-state index contributed by atoms with van der Waals surface area (Å²) in [6.45, 7) is 9.17. The lowest BCUT2D eigenvalue weighted by molar-refractivity contribution is -0.136. The van der Waals surface area contributed by atoms with Gasteiger partial charge in [0.05, 0.1) is 5.60 Å². The fourth-order valence-electron chi connectivity index (χ4n) is 7.77. The van der Waals surface area contributed by atoms with Crippen LogP contribution in [-0.4, -0.2) is 69.8 Å². The van der Waals surface area contributed by atoms with E-state index in [2.05, 4.69) is 76.5 Å². The van der Waals surface area contributed by atoms with Crippen LogP contribution < -0.4 is 10.2 Å². The summed E-state index contributed by atoms with van der Waals surface area (Å²) in [5.74, 6) is 0.132. The van der Waals surface area contributed by atoms with Gasteiger partial charge in [0.2, 0.25) is 11.8 Å². The summed E-state index contributed by atoms with van der Waals surface area (Å²) < 4.78 is 0. The molecule has 7 rings (SSSR count). The Kier molecular flexibility index (Phi) is 8.61. The van der Waals surface area contributed by atoms with Gasteiger partial charge < -0.3 is 14.9 Å². The number of pyridine rings is 1. The van der Waals surface area contributed by atoms with Crippen molar-refractivity contribution in [2.45, 2.75) is 88.9 Å². The van der Waals surface area contributed by atoms with Gasteiger partial charge in [0, 0.05) is 68.8 Å². The zero-order chi connectivity index (χ0) is 32.7. The van der Waals surface area contributed by atoms with Crippen LogP contribution in [0.15, 0.2) is 60.8 Å². The maximum absolute atomic E-state index is 13.1. The molecule has 0 bridgehead atoms. The summed E-state index contributed by atoms with van der Waals surface area (Å²) >= 11 is 0. The number of benzene rings is 2. The number of aromatic nitrogens is 1. The summed E-state index contributed by atoms with van der Waals surface area (Å²) in [5.41, 5.74) is 6.33. The van der Waals surface area contributed by atoms with Gasteiger partial charge in [-0.3, -0.25) is 29.6 Å². The summed E-state index contributed by atoms with van der Waals surface area (Å²) in [4.78, 5) is 48.2. The average Bonchev–Trinajstić information content (AvgIpc) is 3.41. The van der Waals surface area contributed by atoms with E-state index in [4.69, 9.17) is 0 Å². The minimum atomic E-state index is -0.959. The molecule has 0 aliphatic carbocycles. The fraction of sp³-hybridized carbons (Fsp3) is 0.474. The Morgan fingerprint density at radius 2 is 1.68 bits per heavy atom. The number of carbonyl (C=O) groups is 3. The third-order valence-electron chi connectivity index (χ3n) is 10.8. The molecule has 5 heterocycles. The summed E-state index contributed by atoms with van der Waals surface area (Å²) in [7, 11) is 0. The van der Waals surface area contributed by atoms with Gasteiger partial charge >= 0.3 is 0 Å². The standard InChI is InChI=1S/C38H45N5O4/c1-25(2)33-10-5-28(22-39-33)27-13-17-42(18-14-27)31-7-3-26(4-8-31)23-41-19-15-38(47,16-20-41)30-6-9-32-29(21-30)24-43(37(32)46)34-11-12-35(44)40-36(34)45/h3-10,21-22,25,27,34,47H,11-20,23-24H2,1-2H3,(H,40,44,45). The molecule has 9 nitrogen and oxygen atoms in total. The zero-order valence-corrected chi connectivity index (χ0v) is 27.5. The lowest BCUT2D eigenvalue weighted by Crippen LogP contribution is -2.52. The summed E-state index contributed by atoms with van der Waals surface area (Å²) in [6.07, 6.45) is 6.15. The molecule has 0 saturated carbocycles. The Labute approximate surface area is 277 Å². The second-order valence-corrected chi connectivity index (χ2v) is 14.2. The average molecular weight is 636 g/mol.